The fourth-order valence-corrected chi connectivity index (χ4v) is 2.79. The summed E-state index contributed by atoms with van der Waals surface area (Å²) < 4.78 is 5.62. The Morgan fingerprint density at radius 2 is 1.81 bits per heavy atom. The Balaban J connectivity index is 1.55. The van der Waals surface area contributed by atoms with Gasteiger partial charge >= 0.3 is 6.03 Å². The maximum absolute atomic E-state index is 12.1. The molecule has 0 fully saturated rings. The van der Waals surface area contributed by atoms with Crippen molar-refractivity contribution in [3.63, 3.8) is 0 Å². The highest BCUT2D eigenvalue weighted by atomic mass is 32.1. The van der Waals surface area contributed by atoms with Crippen molar-refractivity contribution in [2.45, 2.75) is 13.8 Å². The number of carbonyl (C=O) groups excluding carboxylic acids is 1. The quantitative estimate of drug-likeness (QED) is 0.677. The number of benzene rings is 1. The molecule has 3 rings (SSSR count). The van der Waals surface area contributed by atoms with Crippen molar-refractivity contribution in [1.82, 2.24) is 15.2 Å². The van der Waals surface area contributed by atoms with Gasteiger partial charge in [0.2, 0.25) is 5.13 Å². The standard InChI is InChI=1S/C18H19N5O2S/c1-12(2)11-25-15-5-3-14(4-6-15)20-17(24)21-18-23-22-16(26-18)13-7-9-19-10-8-13/h3-10,12H,11H2,1-2H3,(H2,20,21,23,24). The normalized spacial score (nSPS) is 10.6. The number of nitrogens with one attached hydrogen (secondary N) is 2. The first kappa shape index (κ1) is 17.8. The first-order chi connectivity index (χ1) is 12.6. The number of pyridine rings is 1. The molecule has 2 heterocycles. The second-order valence-corrected chi connectivity index (χ2v) is 6.93. The van der Waals surface area contributed by atoms with E-state index in [0.29, 0.717) is 28.4 Å². The van der Waals surface area contributed by atoms with Crippen LogP contribution in [-0.2, 0) is 0 Å². The fourth-order valence-electron chi connectivity index (χ4n) is 2.04. The van der Waals surface area contributed by atoms with E-state index in [2.05, 4.69) is 39.7 Å². The van der Waals surface area contributed by atoms with Crippen molar-refractivity contribution in [2.24, 2.45) is 5.92 Å². The molecule has 8 heteroatoms. The minimum absolute atomic E-state index is 0.377. The Morgan fingerprint density at radius 1 is 1.08 bits per heavy atom. The van der Waals surface area contributed by atoms with Gasteiger partial charge in [0.05, 0.1) is 6.61 Å². The summed E-state index contributed by atoms with van der Waals surface area (Å²) in [6.45, 7) is 4.84. The monoisotopic (exact) mass is 369 g/mol. The topological polar surface area (TPSA) is 89.0 Å². The van der Waals surface area contributed by atoms with Crippen molar-refractivity contribution in [3.05, 3.63) is 48.8 Å². The van der Waals surface area contributed by atoms with Crippen LogP contribution in [0.5, 0.6) is 5.75 Å². The van der Waals surface area contributed by atoms with Gasteiger partial charge < -0.3 is 10.1 Å². The minimum atomic E-state index is -0.377. The van der Waals surface area contributed by atoms with Gasteiger partial charge in [0.15, 0.2) is 0 Å². The summed E-state index contributed by atoms with van der Waals surface area (Å²) in [5, 5.41) is 14.6. The maximum Gasteiger partial charge on any atom is 0.325 e. The summed E-state index contributed by atoms with van der Waals surface area (Å²) >= 11 is 1.29. The number of carbonyl (C=O) groups is 1. The molecule has 0 unspecified atom stereocenters. The highest BCUT2D eigenvalue weighted by molar-refractivity contribution is 7.18. The molecule has 0 atom stereocenters. The van der Waals surface area contributed by atoms with Gasteiger partial charge in [0, 0.05) is 23.6 Å². The zero-order valence-electron chi connectivity index (χ0n) is 14.5. The summed E-state index contributed by atoms with van der Waals surface area (Å²) in [7, 11) is 0. The van der Waals surface area contributed by atoms with Crippen molar-refractivity contribution < 1.29 is 9.53 Å². The lowest BCUT2D eigenvalue weighted by molar-refractivity contribution is 0.262. The van der Waals surface area contributed by atoms with Crippen LogP contribution < -0.4 is 15.4 Å². The summed E-state index contributed by atoms with van der Waals surface area (Å²) in [4.78, 5) is 16.1. The van der Waals surface area contributed by atoms with Gasteiger partial charge in [0.1, 0.15) is 10.8 Å². The van der Waals surface area contributed by atoms with Gasteiger partial charge in [-0.3, -0.25) is 10.3 Å². The van der Waals surface area contributed by atoms with Crippen LogP contribution in [0.4, 0.5) is 15.6 Å². The molecule has 26 heavy (non-hydrogen) atoms. The molecule has 3 aromatic rings. The zero-order valence-corrected chi connectivity index (χ0v) is 15.3. The van der Waals surface area contributed by atoms with E-state index in [0.717, 1.165) is 11.3 Å². The van der Waals surface area contributed by atoms with Crippen LogP contribution in [0.3, 0.4) is 0 Å². The van der Waals surface area contributed by atoms with Gasteiger partial charge in [-0.2, -0.15) is 0 Å². The summed E-state index contributed by atoms with van der Waals surface area (Å²) in [6.07, 6.45) is 3.37. The van der Waals surface area contributed by atoms with E-state index in [9.17, 15) is 4.79 Å². The van der Waals surface area contributed by atoms with Crippen LogP contribution in [0.1, 0.15) is 13.8 Å². The Hall–Kier alpha value is -3.00. The molecule has 0 bridgehead atoms. The predicted octanol–water partition coefficient (Wildman–Crippen LogP) is 4.28. The van der Waals surface area contributed by atoms with Crippen LogP contribution in [0.15, 0.2) is 48.8 Å². The summed E-state index contributed by atoms with van der Waals surface area (Å²) in [6, 6.07) is 10.5. The third kappa shape index (κ3) is 5.00. The SMILES string of the molecule is CC(C)COc1ccc(NC(=O)Nc2nnc(-c3ccncc3)s2)cc1. The third-order valence-electron chi connectivity index (χ3n) is 3.27. The average molecular weight is 369 g/mol. The molecule has 2 aromatic heterocycles. The van der Waals surface area contributed by atoms with Gasteiger partial charge in [-0.25, -0.2) is 4.79 Å². The average Bonchev–Trinajstić information content (AvgIpc) is 3.10. The minimum Gasteiger partial charge on any atom is -0.493 e. The zero-order chi connectivity index (χ0) is 18.4. The van der Waals surface area contributed by atoms with E-state index < -0.39 is 0 Å². The number of rotatable bonds is 6. The molecule has 0 aliphatic rings. The predicted molar refractivity (Wildman–Crippen MR) is 103 cm³/mol. The second-order valence-electron chi connectivity index (χ2n) is 5.96. The molecule has 0 aliphatic carbocycles. The molecule has 2 N–H and O–H groups in total. The van der Waals surface area contributed by atoms with Crippen LogP contribution in [0.25, 0.3) is 10.6 Å². The van der Waals surface area contributed by atoms with Crippen LogP contribution >= 0.6 is 11.3 Å². The summed E-state index contributed by atoms with van der Waals surface area (Å²) in [5.41, 5.74) is 1.57. The first-order valence-corrected chi connectivity index (χ1v) is 8.96. The van der Waals surface area contributed by atoms with Crippen LogP contribution in [0.2, 0.25) is 0 Å². The molecule has 0 radical (unpaired) electrons. The largest absolute Gasteiger partial charge is 0.493 e. The third-order valence-corrected chi connectivity index (χ3v) is 4.16. The maximum atomic E-state index is 12.1. The Morgan fingerprint density at radius 3 is 2.50 bits per heavy atom. The highest BCUT2D eigenvalue weighted by Crippen LogP contribution is 2.25. The van der Waals surface area contributed by atoms with Crippen molar-refractivity contribution >= 4 is 28.2 Å². The van der Waals surface area contributed by atoms with Gasteiger partial charge in [-0.05, 0) is 42.3 Å². The smallest absolute Gasteiger partial charge is 0.325 e. The number of hydrogen-bond donors (Lipinski definition) is 2. The van der Waals surface area contributed by atoms with Gasteiger partial charge in [-0.1, -0.05) is 25.2 Å². The lowest BCUT2D eigenvalue weighted by Crippen LogP contribution is -2.19. The molecule has 0 saturated heterocycles. The Bertz CT molecular complexity index is 850. The summed E-state index contributed by atoms with van der Waals surface area (Å²) in [5.74, 6) is 1.23. The van der Waals surface area contributed by atoms with E-state index in [4.69, 9.17) is 4.74 Å². The molecule has 7 nitrogen and oxygen atoms in total. The first-order valence-electron chi connectivity index (χ1n) is 8.15. The van der Waals surface area contributed by atoms with E-state index in [-0.39, 0.29) is 6.03 Å². The number of hydrogen-bond acceptors (Lipinski definition) is 6. The van der Waals surface area contributed by atoms with Crippen molar-refractivity contribution in [1.29, 1.82) is 0 Å². The van der Waals surface area contributed by atoms with Crippen LogP contribution in [0, 0.1) is 5.92 Å². The number of ether oxygens (including phenoxy) is 1. The molecule has 0 spiro atoms. The van der Waals surface area contributed by atoms with E-state index in [1.807, 2.05) is 24.3 Å². The number of anilines is 2. The number of urea groups is 1. The molecular weight excluding hydrogens is 350 g/mol. The molecule has 0 aliphatic heterocycles. The lowest BCUT2D eigenvalue weighted by Gasteiger charge is -2.09. The molecule has 0 saturated carbocycles. The van der Waals surface area contributed by atoms with Gasteiger partial charge in [-0.15, -0.1) is 10.2 Å². The number of aromatic nitrogens is 3. The number of amides is 2. The van der Waals surface area contributed by atoms with Crippen molar-refractivity contribution in [3.8, 4) is 16.3 Å². The molecule has 2 amide bonds. The van der Waals surface area contributed by atoms with E-state index >= 15 is 0 Å². The lowest BCUT2D eigenvalue weighted by atomic mass is 10.2. The highest BCUT2D eigenvalue weighted by Gasteiger charge is 2.10. The Kier molecular flexibility index (Phi) is 5.75. The second kappa shape index (κ2) is 8.39. The van der Waals surface area contributed by atoms with E-state index in [1.165, 1.54) is 11.3 Å². The number of nitrogens with zero attached hydrogens (tertiary/aromatic N) is 3. The van der Waals surface area contributed by atoms with E-state index in [1.54, 1.807) is 24.5 Å². The van der Waals surface area contributed by atoms with Crippen molar-refractivity contribution in [2.75, 3.05) is 17.2 Å². The molecule has 1 aromatic carbocycles. The molecule has 134 valence electrons. The van der Waals surface area contributed by atoms with Crippen LogP contribution in [-0.4, -0.2) is 27.8 Å². The fraction of sp³-hybridized carbons (Fsp3) is 0.222. The Labute approximate surface area is 155 Å². The van der Waals surface area contributed by atoms with Gasteiger partial charge in [0.25, 0.3) is 0 Å². The molecular formula is C18H19N5O2S.